The second-order valence-electron chi connectivity index (χ2n) is 5.96. The van der Waals surface area contributed by atoms with Crippen LogP contribution in [0.25, 0.3) is 11.1 Å². The summed E-state index contributed by atoms with van der Waals surface area (Å²) >= 11 is 0. The van der Waals surface area contributed by atoms with Gasteiger partial charge in [0.25, 0.3) is 0 Å². The first-order valence-electron chi connectivity index (χ1n) is 8.15. The number of fused-ring (bicyclic) bond motifs is 1. The standard InChI is InChI=1S/C17H20N6O.ClH/c18-13(16-21-14-4-1-2-5-15(14)24-16)12-22-8-10-23(11-9-22)17-19-6-3-7-20-17;/h1-7,13H,8-12,18H2;1H. The average molecular weight is 361 g/mol. The fourth-order valence-electron chi connectivity index (χ4n) is 2.99. The van der Waals surface area contributed by atoms with E-state index in [1.54, 1.807) is 12.4 Å². The van der Waals surface area contributed by atoms with E-state index in [2.05, 4.69) is 24.8 Å². The molecule has 1 aliphatic rings. The first-order valence-corrected chi connectivity index (χ1v) is 8.15. The zero-order valence-corrected chi connectivity index (χ0v) is 14.6. The Balaban J connectivity index is 0.00000182. The highest BCUT2D eigenvalue weighted by Crippen LogP contribution is 2.20. The van der Waals surface area contributed by atoms with Gasteiger partial charge in [0.1, 0.15) is 5.52 Å². The van der Waals surface area contributed by atoms with Crippen molar-refractivity contribution in [1.82, 2.24) is 19.9 Å². The van der Waals surface area contributed by atoms with Crippen LogP contribution in [0, 0.1) is 0 Å². The van der Waals surface area contributed by atoms with E-state index < -0.39 is 0 Å². The van der Waals surface area contributed by atoms with Crippen molar-refractivity contribution in [3.63, 3.8) is 0 Å². The van der Waals surface area contributed by atoms with Crippen molar-refractivity contribution in [1.29, 1.82) is 0 Å². The van der Waals surface area contributed by atoms with Crippen LogP contribution < -0.4 is 10.6 Å². The molecule has 1 atom stereocenters. The van der Waals surface area contributed by atoms with Gasteiger partial charge in [0.2, 0.25) is 11.8 Å². The second kappa shape index (κ2) is 7.77. The zero-order chi connectivity index (χ0) is 16.4. The topological polar surface area (TPSA) is 84.3 Å². The predicted molar refractivity (Wildman–Crippen MR) is 98.9 cm³/mol. The normalized spacial score (nSPS) is 16.6. The van der Waals surface area contributed by atoms with Crippen LogP contribution in [0.2, 0.25) is 0 Å². The summed E-state index contributed by atoms with van der Waals surface area (Å²) in [6, 6.07) is 9.35. The van der Waals surface area contributed by atoms with Crippen molar-refractivity contribution >= 4 is 29.5 Å². The molecule has 2 N–H and O–H groups in total. The van der Waals surface area contributed by atoms with Crippen LogP contribution >= 0.6 is 12.4 Å². The summed E-state index contributed by atoms with van der Waals surface area (Å²) in [4.78, 5) is 17.6. The lowest BCUT2D eigenvalue weighted by molar-refractivity contribution is 0.232. The first kappa shape index (κ1) is 17.6. The molecular formula is C17H21ClN6O. The Labute approximate surface area is 152 Å². The van der Waals surface area contributed by atoms with E-state index >= 15 is 0 Å². The van der Waals surface area contributed by atoms with Crippen LogP contribution in [-0.2, 0) is 0 Å². The average Bonchev–Trinajstić information content (AvgIpc) is 3.07. The molecule has 1 fully saturated rings. The van der Waals surface area contributed by atoms with Gasteiger partial charge in [-0.25, -0.2) is 15.0 Å². The number of hydrogen-bond donors (Lipinski definition) is 1. The van der Waals surface area contributed by atoms with Gasteiger partial charge in [0.15, 0.2) is 5.58 Å². The third-order valence-electron chi connectivity index (χ3n) is 4.29. The Hall–Kier alpha value is -2.22. The van der Waals surface area contributed by atoms with E-state index in [4.69, 9.17) is 10.2 Å². The fourth-order valence-corrected chi connectivity index (χ4v) is 2.99. The number of halogens is 1. The molecule has 8 heteroatoms. The molecule has 7 nitrogen and oxygen atoms in total. The van der Waals surface area contributed by atoms with Crippen molar-refractivity contribution in [3.05, 3.63) is 48.6 Å². The maximum Gasteiger partial charge on any atom is 0.225 e. The minimum absolute atomic E-state index is 0. The predicted octanol–water partition coefficient (Wildman–Crippen LogP) is 1.86. The molecule has 1 aliphatic heterocycles. The summed E-state index contributed by atoms with van der Waals surface area (Å²) in [7, 11) is 0. The minimum atomic E-state index is -0.225. The number of oxazole rings is 1. The number of aromatic nitrogens is 3. The number of para-hydroxylation sites is 2. The van der Waals surface area contributed by atoms with Crippen LogP contribution in [-0.4, -0.2) is 52.6 Å². The van der Waals surface area contributed by atoms with E-state index in [0.717, 1.165) is 49.8 Å². The third kappa shape index (κ3) is 3.89. The number of anilines is 1. The number of benzene rings is 1. The molecule has 4 rings (SSSR count). The van der Waals surface area contributed by atoms with Gasteiger partial charge in [-0.15, -0.1) is 12.4 Å². The van der Waals surface area contributed by atoms with Gasteiger partial charge in [-0.2, -0.15) is 0 Å². The van der Waals surface area contributed by atoms with Gasteiger partial charge in [0, 0.05) is 45.1 Å². The van der Waals surface area contributed by atoms with Crippen LogP contribution in [0.15, 0.2) is 47.1 Å². The Morgan fingerprint density at radius 1 is 1.04 bits per heavy atom. The summed E-state index contributed by atoms with van der Waals surface area (Å²) in [6.45, 7) is 4.36. The molecule has 0 saturated carbocycles. The quantitative estimate of drug-likeness (QED) is 0.760. The number of piperazine rings is 1. The Kier molecular flexibility index (Phi) is 5.47. The van der Waals surface area contributed by atoms with Gasteiger partial charge in [-0.1, -0.05) is 12.1 Å². The Bertz CT molecular complexity index is 770. The molecule has 1 unspecified atom stereocenters. The molecule has 0 amide bonds. The van der Waals surface area contributed by atoms with Crippen LogP contribution in [0.1, 0.15) is 11.9 Å². The molecule has 0 bridgehead atoms. The SMILES string of the molecule is Cl.NC(CN1CCN(c2ncccn2)CC1)c1nc2ccccc2o1. The lowest BCUT2D eigenvalue weighted by atomic mass is 10.2. The summed E-state index contributed by atoms with van der Waals surface area (Å²) < 4.78 is 5.77. The van der Waals surface area contributed by atoms with E-state index in [-0.39, 0.29) is 18.4 Å². The molecule has 0 aliphatic carbocycles. The molecule has 25 heavy (non-hydrogen) atoms. The van der Waals surface area contributed by atoms with Gasteiger partial charge in [-0.3, -0.25) is 4.90 Å². The fraction of sp³-hybridized carbons (Fsp3) is 0.353. The van der Waals surface area contributed by atoms with E-state index in [0.29, 0.717) is 5.89 Å². The van der Waals surface area contributed by atoms with E-state index in [1.807, 2.05) is 30.3 Å². The summed E-state index contributed by atoms with van der Waals surface area (Å²) in [5.74, 6) is 1.39. The summed E-state index contributed by atoms with van der Waals surface area (Å²) in [5.41, 5.74) is 7.94. The number of nitrogens with two attached hydrogens (primary N) is 1. The molecule has 132 valence electrons. The molecule has 0 spiro atoms. The van der Waals surface area contributed by atoms with Crippen LogP contribution in [0.4, 0.5) is 5.95 Å². The molecular weight excluding hydrogens is 340 g/mol. The molecule has 0 radical (unpaired) electrons. The van der Waals surface area contributed by atoms with Gasteiger partial charge >= 0.3 is 0 Å². The third-order valence-corrected chi connectivity index (χ3v) is 4.29. The van der Waals surface area contributed by atoms with Crippen molar-refractivity contribution in [2.24, 2.45) is 5.73 Å². The van der Waals surface area contributed by atoms with Gasteiger partial charge in [0.05, 0.1) is 6.04 Å². The largest absolute Gasteiger partial charge is 0.439 e. The maximum absolute atomic E-state index is 6.30. The van der Waals surface area contributed by atoms with Crippen molar-refractivity contribution in [2.75, 3.05) is 37.6 Å². The summed E-state index contributed by atoms with van der Waals surface area (Å²) in [5, 5.41) is 0. The number of nitrogens with zero attached hydrogens (tertiary/aromatic N) is 5. The monoisotopic (exact) mass is 360 g/mol. The lowest BCUT2D eigenvalue weighted by Crippen LogP contribution is -2.48. The van der Waals surface area contributed by atoms with Crippen molar-refractivity contribution in [3.8, 4) is 0 Å². The van der Waals surface area contributed by atoms with Crippen LogP contribution in [0.5, 0.6) is 0 Å². The molecule has 2 aromatic heterocycles. The van der Waals surface area contributed by atoms with E-state index in [9.17, 15) is 0 Å². The zero-order valence-electron chi connectivity index (χ0n) is 13.8. The molecule has 1 saturated heterocycles. The highest BCUT2D eigenvalue weighted by Gasteiger charge is 2.22. The van der Waals surface area contributed by atoms with Crippen LogP contribution in [0.3, 0.4) is 0 Å². The lowest BCUT2D eigenvalue weighted by Gasteiger charge is -2.35. The molecule has 3 aromatic rings. The Morgan fingerprint density at radius 2 is 1.76 bits per heavy atom. The summed E-state index contributed by atoms with van der Waals surface area (Å²) in [6.07, 6.45) is 3.55. The maximum atomic E-state index is 6.30. The van der Waals surface area contributed by atoms with Gasteiger partial charge in [-0.05, 0) is 18.2 Å². The smallest absolute Gasteiger partial charge is 0.225 e. The first-order chi connectivity index (χ1) is 11.8. The molecule has 1 aromatic carbocycles. The minimum Gasteiger partial charge on any atom is -0.439 e. The van der Waals surface area contributed by atoms with Crippen molar-refractivity contribution < 1.29 is 4.42 Å². The van der Waals surface area contributed by atoms with Crippen molar-refractivity contribution in [2.45, 2.75) is 6.04 Å². The second-order valence-corrected chi connectivity index (χ2v) is 5.96. The highest BCUT2D eigenvalue weighted by atomic mass is 35.5. The number of hydrogen-bond acceptors (Lipinski definition) is 7. The van der Waals surface area contributed by atoms with E-state index in [1.165, 1.54) is 0 Å². The van der Waals surface area contributed by atoms with Gasteiger partial charge < -0.3 is 15.1 Å². The number of rotatable bonds is 4. The Morgan fingerprint density at radius 3 is 2.48 bits per heavy atom. The highest BCUT2D eigenvalue weighted by molar-refractivity contribution is 5.85. The molecule has 3 heterocycles.